The van der Waals surface area contributed by atoms with E-state index >= 15 is 0 Å². The van der Waals surface area contributed by atoms with E-state index in [9.17, 15) is 4.79 Å². The van der Waals surface area contributed by atoms with E-state index in [1.807, 2.05) is 39.2 Å². The highest BCUT2D eigenvalue weighted by Crippen LogP contribution is 2.27. The van der Waals surface area contributed by atoms with Gasteiger partial charge in [0, 0.05) is 37.5 Å². The molecule has 1 aliphatic carbocycles. The number of aliphatic imine (C=N–C) groups is 1. The predicted octanol–water partition coefficient (Wildman–Crippen LogP) is 2.19. The third kappa shape index (κ3) is 5.70. The Morgan fingerprint density at radius 3 is 2.56 bits per heavy atom. The van der Waals surface area contributed by atoms with Gasteiger partial charge in [0.25, 0.3) is 0 Å². The van der Waals surface area contributed by atoms with Gasteiger partial charge in [-0.1, -0.05) is 20.8 Å². The van der Waals surface area contributed by atoms with E-state index in [0.717, 1.165) is 23.9 Å². The first-order chi connectivity index (χ1) is 11.8. The molecule has 0 radical (unpaired) electrons. The van der Waals surface area contributed by atoms with Crippen LogP contribution in [-0.4, -0.2) is 48.9 Å². The number of guanidine groups is 1. The number of amides is 1. The topological polar surface area (TPSA) is 69.6 Å². The molecular formula is C18H31N5OS. The van der Waals surface area contributed by atoms with Crippen LogP contribution in [0.1, 0.15) is 49.2 Å². The quantitative estimate of drug-likeness (QED) is 0.477. The number of hydrogen-bond acceptors (Lipinski definition) is 4. The third-order valence-corrected chi connectivity index (χ3v) is 5.35. The van der Waals surface area contributed by atoms with Gasteiger partial charge in [-0.15, -0.1) is 11.3 Å². The van der Waals surface area contributed by atoms with Crippen LogP contribution in [-0.2, 0) is 24.2 Å². The minimum atomic E-state index is -0.359. The van der Waals surface area contributed by atoms with Crippen LogP contribution in [0, 0.1) is 5.41 Å². The first-order valence-corrected chi connectivity index (χ1v) is 9.80. The Labute approximate surface area is 155 Å². The molecule has 1 aromatic heterocycles. The number of hydrogen-bond donors (Lipinski definition) is 2. The Morgan fingerprint density at radius 1 is 1.24 bits per heavy atom. The monoisotopic (exact) mass is 365 g/mol. The normalized spacial score (nSPS) is 14.8. The molecule has 0 saturated heterocycles. The zero-order valence-electron chi connectivity index (χ0n) is 16.1. The summed E-state index contributed by atoms with van der Waals surface area (Å²) < 4.78 is 0. The summed E-state index contributed by atoms with van der Waals surface area (Å²) in [5.41, 5.74) is 0.940. The second kappa shape index (κ2) is 8.65. The van der Waals surface area contributed by atoms with Gasteiger partial charge in [-0.3, -0.25) is 9.79 Å². The van der Waals surface area contributed by atoms with Crippen molar-refractivity contribution in [1.29, 1.82) is 0 Å². The van der Waals surface area contributed by atoms with Crippen LogP contribution < -0.4 is 10.6 Å². The molecular weight excluding hydrogens is 334 g/mol. The Hall–Kier alpha value is -1.63. The van der Waals surface area contributed by atoms with Crippen molar-refractivity contribution in [3.05, 3.63) is 15.6 Å². The van der Waals surface area contributed by atoms with Crippen molar-refractivity contribution in [2.75, 3.05) is 27.2 Å². The van der Waals surface area contributed by atoms with Crippen LogP contribution in [0.3, 0.4) is 0 Å². The van der Waals surface area contributed by atoms with Gasteiger partial charge in [0.05, 0.1) is 12.2 Å². The molecule has 0 bridgehead atoms. The van der Waals surface area contributed by atoms with Crippen molar-refractivity contribution in [2.24, 2.45) is 10.4 Å². The molecule has 1 amide bonds. The molecule has 1 heterocycles. The van der Waals surface area contributed by atoms with Crippen molar-refractivity contribution in [3.8, 4) is 0 Å². The summed E-state index contributed by atoms with van der Waals surface area (Å²) in [7, 11) is 3.79. The summed E-state index contributed by atoms with van der Waals surface area (Å²) in [4.78, 5) is 24.5. The van der Waals surface area contributed by atoms with Gasteiger partial charge in [0.15, 0.2) is 5.96 Å². The van der Waals surface area contributed by atoms with E-state index in [2.05, 4.69) is 20.5 Å². The lowest BCUT2D eigenvalue weighted by molar-refractivity contribution is -0.128. The number of aryl methyl sites for hydroxylation is 2. The molecule has 7 heteroatoms. The molecule has 1 aromatic rings. The first kappa shape index (κ1) is 19.7. The van der Waals surface area contributed by atoms with Crippen LogP contribution in [0.4, 0.5) is 0 Å². The molecule has 0 aliphatic heterocycles. The van der Waals surface area contributed by atoms with Crippen molar-refractivity contribution < 1.29 is 4.79 Å². The Morgan fingerprint density at radius 2 is 1.92 bits per heavy atom. The molecule has 1 aliphatic rings. The molecule has 140 valence electrons. The average molecular weight is 366 g/mol. The molecule has 2 rings (SSSR count). The van der Waals surface area contributed by atoms with Crippen molar-refractivity contribution in [2.45, 2.75) is 53.0 Å². The zero-order valence-corrected chi connectivity index (χ0v) is 16.9. The lowest BCUT2D eigenvalue weighted by Gasteiger charge is -2.22. The summed E-state index contributed by atoms with van der Waals surface area (Å²) in [6, 6.07) is 0. The maximum atomic E-state index is 11.9. The Bertz CT molecular complexity index is 594. The number of aromatic nitrogens is 1. The molecule has 6 nitrogen and oxygen atoms in total. The fraction of sp³-hybridized carbons (Fsp3) is 0.722. The van der Waals surface area contributed by atoms with Crippen LogP contribution in [0.5, 0.6) is 0 Å². The molecule has 0 saturated carbocycles. The van der Waals surface area contributed by atoms with E-state index < -0.39 is 0 Å². The molecule has 0 fully saturated rings. The van der Waals surface area contributed by atoms with E-state index in [4.69, 9.17) is 4.98 Å². The third-order valence-electron chi connectivity index (χ3n) is 4.21. The number of thiazole rings is 1. The number of nitrogens with zero attached hydrogens (tertiary/aromatic N) is 3. The highest BCUT2D eigenvalue weighted by Gasteiger charge is 2.20. The van der Waals surface area contributed by atoms with Gasteiger partial charge in [0.1, 0.15) is 5.01 Å². The van der Waals surface area contributed by atoms with E-state index in [1.165, 1.54) is 29.8 Å². The number of carbonyl (C=O) groups excluding carboxylic acids is 1. The number of carbonyl (C=O) groups is 1. The van der Waals surface area contributed by atoms with Crippen molar-refractivity contribution in [1.82, 2.24) is 20.5 Å². The second-order valence-corrected chi connectivity index (χ2v) is 8.69. The van der Waals surface area contributed by atoms with Gasteiger partial charge in [-0.25, -0.2) is 4.98 Å². The van der Waals surface area contributed by atoms with Crippen LogP contribution in [0.15, 0.2) is 4.99 Å². The van der Waals surface area contributed by atoms with Gasteiger partial charge in [-0.2, -0.15) is 0 Å². The van der Waals surface area contributed by atoms with Gasteiger partial charge >= 0.3 is 0 Å². The fourth-order valence-electron chi connectivity index (χ4n) is 2.75. The largest absolute Gasteiger partial charge is 0.354 e. The van der Waals surface area contributed by atoms with Gasteiger partial charge in [0.2, 0.25) is 5.91 Å². The molecule has 0 aromatic carbocycles. The molecule has 0 atom stereocenters. The summed E-state index contributed by atoms with van der Waals surface area (Å²) in [5.74, 6) is 0.879. The van der Waals surface area contributed by atoms with Gasteiger partial charge in [-0.05, 0) is 25.7 Å². The molecule has 2 N–H and O–H groups in total. The van der Waals surface area contributed by atoms with Gasteiger partial charge < -0.3 is 15.5 Å². The number of fused-ring (bicyclic) bond motifs is 1. The Kier molecular flexibility index (Phi) is 6.81. The van der Waals surface area contributed by atoms with E-state index in [-0.39, 0.29) is 11.3 Å². The van der Waals surface area contributed by atoms with Crippen LogP contribution in [0.2, 0.25) is 0 Å². The van der Waals surface area contributed by atoms with E-state index in [1.54, 1.807) is 7.05 Å². The maximum Gasteiger partial charge on any atom is 0.225 e. The summed E-state index contributed by atoms with van der Waals surface area (Å²) in [6.45, 7) is 7.72. The van der Waals surface area contributed by atoms with Crippen molar-refractivity contribution in [3.63, 3.8) is 0 Å². The average Bonchev–Trinajstić information content (AvgIpc) is 2.95. The molecule has 25 heavy (non-hydrogen) atoms. The van der Waals surface area contributed by atoms with Crippen molar-refractivity contribution >= 4 is 23.2 Å². The number of rotatable bonds is 5. The van der Waals surface area contributed by atoms with Crippen LogP contribution >= 0.6 is 11.3 Å². The summed E-state index contributed by atoms with van der Waals surface area (Å²) in [5, 5.41) is 7.39. The minimum absolute atomic E-state index is 0.0611. The summed E-state index contributed by atoms with van der Waals surface area (Å²) >= 11 is 1.83. The lowest BCUT2D eigenvalue weighted by Crippen LogP contribution is -2.43. The summed E-state index contributed by atoms with van der Waals surface area (Å²) in [6.07, 6.45) is 4.84. The second-order valence-electron chi connectivity index (χ2n) is 7.52. The minimum Gasteiger partial charge on any atom is -0.354 e. The molecule has 0 spiro atoms. The molecule has 0 unspecified atom stereocenters. The predicted molar refractivity (Wildman–Crippen MR) is 104 cm³/mol. The SMILES string of the molecule is CN=C(NCCNC(=O)C(C)(C)C)N(C)Cc1nc2c(s1)CCCC2. The fourth-order valence-corrected chi connectivity index (χ4v) is 3.96. The van der Waals surface area contributed by atoms with E-state index in [0.29, 0.717) is 13.1 Å². The zero-order chi connectivity index (χ0) is 18.4. The standard InChI is InChI=1S/C18H31N5OS/c1-18(2,3)16(24)20-10-11-21-17(19-4)23(5)12-15-22-13-8-6-7-9-14(13)25-15/h6-12H2,1-5H3,(H,19,21)(H,20,24). The maximum absolute atomic E-state index is 11.9. The van der Waals surface area contributed by atoms with Crippen LogP contribution in [0.25, 0.3) is 0 Å². The Balaban J connectivity index is 1.80. The smallest absolute Gasteiger partial charge is 0.225 e. The highest BCUT2D eigenvalue weighted by atomic mass is 32.1. The first-order valence-electron chi connectivity index (χ1n) is 8.99. The lowest BCUT2D eigenvalue weighted by atomic mass is 9.96. The highest BCUT2D eigenvalue weighted by molar-refractivity contribution is 7.11. The number of nitrogens with one attached hydrogen (secondary N) is 2.